The van der Waals surface area contributed by atoms with E-state index in [0.717, 1.165) is 30.4 Å². The highest BCUT2D eigenvalue weighted by molar-refractivity contribution is 7.89. The molecule has 2 N–H and O–H groups in total. The van der Waals surface area contributed by atoms with Crippen LogP contribution in [0.3, 0.4) is 0 Å². The zero-order chi connectivity index (χ0) is 14.9. The number of aliphatic hydroxyl groups excluding tert-OH is 1. The second kappa shape index (κ2) is 5.84. The van der Waals surface area contributed by atoms with Crippen molar-refractivity contribution < 1.29 is 13.5 Å². The van der Waals surface area contributed by atoms with Gasteiger partial charge in [0.2, 0.25) is 10.0 Å². The molecule has 0 saturated heterocycles. The maximum Gasteiger partial charge on any atom is 0.241 e. The van der Waals surface area contributed by atoms with E-state index in [-0.39, 0.29) is 17.5 Å². The molecule has 1 aliphatic carbocycles. The Kier molecular flexibility index (Phi) is 4.52. The largest absolute Gasteiger partial charge is 0.392 e. The molecule has 112 valence electrons. The van der Waals surface area contributed by atoms with Gasteiger partial charge in [0, 0.05) is 6.04 Å². The van der Waals surface area contributed by atoms with Crippen molar-refractivity contribution in [3.63, 3.8) is 0 Å². The molecule has 2 rings (SSSR count). The molecule has 0 amide bonds. The van der Waals surface area contributed by atoms with E-state index in [1.807, 2.05) is 13.0 Å². The van der Waals surface area contributed by atoms with Gasteiger partial charge in [0.25, 0.3) is 0 Å². The molecule has 1 aliphatic rings. The Morgan fingerprint density at radius 1 is 1.25 bits per heavy atom. The first-order valence-corrected chi connectivity index (χ1v) is 8.57. The molecule has 2 atom stereocenters. The zero-order valence-corrected chi connectivity index (χ0v) is 13.1. The normalized spacial score (nSPS) is 23.2. The van der Waals surface area contributed by atoms with Crippen molar-refractivity contribution in [1.82, 2.24) is 4.72 Å². The van der Waals surface area contributed by atoms with Gasteiger partial charge in [-0.2, -0.15) is 0 Å². The summed E-state index contributed by atoms with van der Waals surface area (Å²) in [7, 11) is -3.52. The van der Waals surface area contributed by atoms with E-state index in [1.54, 1.807) is 13.0 Å². The molecule has 2 unspecified atom stereocenters. The first-order chi connectivity index (χ1) is 9.35. The molecule has 0 radical (unpaired) electrons. The molecule has 4 nitrogen and oxygen atoms in total. The molecular weight excluding hydrogens is 274 g/mol. The highest BCUT2D eigenvalue weighted by Crippen LogP contribution is 2.27. The summed E-state index contributed by atoms with van der Waals surface area (Å²) >= 11 is 0. The van der Waals surface area contributed by atoms with Gasteiger partial charge in [0.1, 0.15) is 0 Å². The molecule has 1 saturated carbocycles. The van der Waals surface area contributed by atoms with Crippen molar-refractivity contribution in [3.8, 4) is 0 Å². The van der Waals surface area contributed by atoms with Crippen molar-refractivity contribution in [2.24, 2.45) is 5.92 Å². The molecule has 0 bridgehead atoms. The molecule has 20 heavy (non-hydrogen) atoms. The van der Waals surface area contributed by atoms with Gasteiger partial charge in [-0.05, 0) is 55.4 Å². The maximum atomic E-state index is 12.5. The predicted molar refractivity (Wildman–Crippen MR) is 79.0 cm³/mol. The summed E-state index contributed by atoms with van der Waals surface area (Å²) in [4.78, 5) is 0.284. The van der Waals surface area contributed by atoms with E-state index in [4.69, 9.17) is 0 Å². The maximum absolute atomic E-state index is 12.5. The minimum absolute atomic E-state index is 0.0262. The van der Waals surface area contributed by atoms with Crippen LogP contribution in [0.25, 0.3) is 0 Å². The molecule has 1 aromatic rings. The van der Waals surface area contributed by atoms with Crippen LogP contribution in [0.1, 0.15) is 42.9 Å². The number of aliphatic hydroxyl groups is 1. The van der Waals surface area contributed by atoms with Crippen LogP contribution >= 0.6 is 0 Å². The van der Waals surface area contributed by atoms with Gasteiger partial charge in [0.05, 0.1) is 11.5 Å². The van der Waals surface area contributed by atoms with Gasteiger partial charge in [-0.15, -0.1) is 0 Å². The van der Waals surface area contributed by atoms with Gasteiger partial charge in [-0.3, -0.25) is 0 Å². The molecule has 5 heteroatoms. The Morgan fingerprint density at radius 2 is 1.95 bits per heavy atom. The molecule has 1 aromatic carbocycles. The van der Waals surface area contributed by atoms with Crippen molar-refractivity contribution in [3.05, 3.63) is 28.8 Å². The quantitative estimate of drug-likeness (QED) is 0.896. The van der Waals surface area contributed by atoms with E-state index in [9.17, 15) is 13.5 Å². The summed E-state index contributed by atoms with van der Waals surface area (Å²) < 4.78 is 27.9. The molecule has 0 spiro atoms. The second-order valence-electron chi connectivity index (χ2n) is 5.84. The Balaban J connectivity index is 2.34. The first-order valence-electron chi connectivity index (χ1n) is 7.08. The summed E-state index contributed by atoms with van der Waals surface area (Å²) in [6, 6.07) is 3.43. The number of hydrogen-bond donors (Lipinski definition) is 2. The van der Waals surface area contributed by atoms with Gasteiger partial charge >= 0.3 is 0 Å². The number of nitrogens with one attached hydrogen (secondary N) is 1. The Morgan fingerprint density at radius 3 is 2.50 bits per heavy atom. The predicted octanol–water partition coefficient (Wildman–Crippen LogP) is 2.26. The second-order valence-corrected chi connectivity index (χ2v) is 7.52. The third kappa shape index (κ3) is 3.05. The van der Waals surface area contributed by atoms with Crippen LogP contribution in [-0.2, 0) is 16.6 Å². The van der Waals surface area contributed by atoms with Crippen molar-refractivity contribution >= 4 is 10.0 Å². The lowest BCUT2D eigenvalue weighted by Gasteiger charge is -2.19. The fourth-order valence-corrected chi connectivity index (χ4v) is 4.57. The third-order valence-electron chi connectivity index (χ3n) is 4.26. The zero-order valence-electron chi connectivity index (χ0n) is 12.3. The van der Waals surface area contributed by atoms with E-state index in [2.05, 4.69) is 11.6 Å². The van der Waals surface area contributed by atoms with Crippen LogP contribution in [0.2, 0.25) is 0 Å². The SMILES string of the molecule is Cc1cc(C)c(S(=O)(=O)NC2CCCC2C)cc1CO. The topological polar surface area (TPSA) is 66.4 Å². The van der Waals surface area contributed by atoms with E-state index in [1.165, 1.54) is 0 Å². The number of sulfonamides is 1. The Bertz CT molecular complexity index is 595. The molecular formula is C15H23NO3S. The first kappa shape index (κ1) is 15.5. The Labute approximate surface area is 121 Å². The molecule has 0 aromatic heterocycles. The van der Waals surface area contributed by atoms with Crippen molar-refractivity contribution in [1.29, 1.82) is 0 Å². The number of benzene rings is 1. The van der Waals surface area contributed by atoms with E-state index < -0.39 is 10.0 Å². The van der Waals surface area contributed by atoms with Gasteiger partial charge in [-0.25, -0.2) is 13.1 Å². The molecule has 1 fully saturated rings. The smallest absolute Gasteiger partial charge is 0.241 e. The average molecular weight is 297 g/mol. The van der Waals surface area contributed by atoms with Crippen molar-refractivity contribution in [2.45, 2.75) is 57.6 Å². The number of rotatable bonds is 4. The molecule has 0 heterocycles. The number of aryl methyl sites for hydroxylation is 2. The van der Waals surface area contributed by atoms with Crippen LogP contribution in [-0.4, -0.2) is 19.6 Å². The van der Waals surface area contributed by atoms with Crippen LogP contribution in [0.5, 0.6) is 0 Å². The summed E-state index contributed by atoms with van der Waals surface area (Å²) in [6.45, 7) is 5.61. The minimum Gasteiger partial charge on any atom is -0.392 e. The lowest BCUT2D eigenvalue weighted by molar-refractivity contribution is 0.280. The van der Waals surface area contributed by atoms with Crippen LogP contribution < -0.4 is 4.72 Å². The van der Waals surface area contributed by atoms with E-state index >= 15 is 0 Å². The summed E-state index contributed by atoms with van der Waals surface area (Å²) in [5.74, 6) is 0.382. The Hall–Kier alpha value is -0.910. The summed E-state index contributed by atoms with van der Waals surface area (Å²) in [6.07, 6.45) is 3.04. The van der Waals surface area contributed by atoms with Gasteiger partial charge in [0.15, 0.2) is 0 Å². The minimum atomic E-state index is -3.52. The third-order valence-corrected chi connectivity index (χ3v) is 5.89. The lowest BCUT2D eigenvalue weighted by Crippen LogP contribution is -2.36. The monoisotopic (exact) mass is 297 g/mol. The summed E-state index contributed by atoms with van der Waals surface area (Å²) in [5, 5.41) is 9.31. The average Bonchev–Trinajstić information content (AvgIpc) is 2.74. The van der Waals surface area contributed by atoms with Gasteiger partial charge in [-0.1, -0.05) is 19.4 Å². The van der Waals surface area contributed by atoms with Crippen molar-refractivity contribution in [2.75, 3.05) is 0 Å². The van der Waals surface area contributed by atoms with Crippen LogP contribution in [0.15, 0.2) is 17.0 Å². The summed E-state index contributed by atoms with van der Waals surface area (Å²) in [5.41, 5.74) is 2.30. The highest BCUT2D eigenvalue weighted by atomic mass is 32.2. The van der Waals surface area contributed by atoms with Crippen LogP contribution in [0, 0.1) is 19.8 Å². The molecule has 0 aliphatic heterocycles. The van der Waals surface area contributed by atoms with E-state index in [0.29, 0.717) is 11.5 Å². The van der Waals surface area contributed by atoms with Crippen LogP contribution in [0.4, 0.5) is 0 Å². The lowest BCUT2D eigenvalue weighted by atomic mass is 10.1. The highest BCUT2D eigenvalue weighted by Gasteiger charge is 2.29. The number of hydrogen-bond acceptors (Lipinski definition) is 3. The fraction of sp³-hybridized carbons (Fsp3) is 0.600. The standard InChI is InChI=1S/C15H23NO3S/c1-10-5-4-6-14(10)16-20(18,19)15-8-13(9-17)11(2)7-12(15)3/h7-8,10,14,16-17H,4-6,9H2,1-3H3. The van der Waals surface area contributed by atoms with Gasteiger partial charge < -0.3 is 5.11 Å². The fourth-order valence-electron chi connectivity index (χ4n) is 2.92.